The molecule has 0 saturated heterocycles. The molecule has 0 aliphatic carbocycles. The largest absolute Gasteiger partial charge is 0.465 e. The Kier molecular flexibility index (Phi) is 5.51. The van der Waals surface area contributed by atoms with Gasteiger partial charge in [0.25, 0.3) is 11.8 Å². The van der Waals surface area contributed by atoms with Gasteiger partial charge in [0.15, 0.2) is 0 Å². The van der Waals surface area contributed by atoms with Gasteiger partial charge in [0, 0.05) is 21.8 Å². The Labute approximate surface area is 182 Å². The summed E-state index contributed by atoms with van der Waals surface area (Å²) in [4.78, 5) is 40.6. The van der Waals surface area contributed by atoms with Gasteiger partial charge in [0.05, 0.1) is 24.0 Å². The maximum atomic E-state index is 12.5. The first-order chi connectivity index (χ1) is 14.9. The lowest BCUT2D eigenvalue weighted by Gasteiger charge is -2.06. The molecule has 154 valence electrons. The maximum Gasteiger partial charge on any atom is 0.337 e. The zero-order chi connectivity index (χ0) is 22.0. The van der Waals surface area contributed by atoms with E-state index in [1.165, 1.54) is 7.11 Å². The normalized spacial score (nSPS) is 13.5. The molecule has 4 rings (SSSR count). The highest BCUT2D eigenvalue weighted by Crippen LogP contribution is 2.28. The standard InChI is InChI=1S/C23H16ClN3O4/c1-31-23(30)14-4-9-17(10-5-14)26-21(28)13-2-7-16(8-3-13)25-20-18-12-15(24)6-11-19(18)27-22(20)29/h2-12H,1H3,(H,26,28)(H,25,27,29). The molecule has 2 amide bonds. The van der Waals surface area contributed by atoms with Crippen molar-refractivity contribution in [1.82, 2.24) is 0 Å². The first-order valence-electron chi connectivity index (χ1n) is 9.24. The molecule has 0 spiro atoms. The van der Waals surface area contributed by atoms with E-state index < -0.39 is 5.97 Å². The number of methoxy groups -OCH3 is 1. The fourth-order valence-corrected chi connectivity index (χ4v) is 3.24. The SMILES string of the molecule is COC(=O)c1ccc(NC(=O)c2ccc(N=C3C(=O)Nc4ccc(Cl)cc43)cc2)cc1. The summed E-state index contributed by atoms with van der Waals surface area (Å²) in [5.74, 6) is -1.08. The fourth-order valence-electron chi connectivity index (χ4n) is 3.06. The van der Waals surface area contributed by atoms with Gasteiger partial charge in [-0.15, -0.1) is 0 Å². The molecule has 1 aliphatic rings. The summed E-state index contributed by atoms with van der Waals surface area (Å²) in [6.07, 6.45) is 0. The number of rotatable bonds is 4. The summed E-state index contributed by atoms with van der Waals surface area (Å²) in [5, 5.41) is 6.01. The van der Waals surface area contributed by atoms with Crippen molar-refractivity contribution < 1.29 is 19.1 Å². The van der Waals surface area contributed by atoms with Crippen molar-refractivity contribution in [3.8, 4) is 0 Å². The maximum absolute atomic E-state index is 12.5. The number of fused-ring (bicyclic) bond motifs is 1. The van der Waals surface area contributed by atoms with Crippen LogP contribution in [0.2, 0.25) is 5.02 Å². The number of anilines is 2. The summed E-state index contributed by atoms with van der Waals surface area (Å²) in [6, 6.07) is 18.0. The van der Waals surface area contributed by atoms with Crippen LogP contribution in [0, 0.1) is 0 Å². The summed E-state index contributed by atoms with van der Waals surface area (Å²) in [7, 11) is 1.31. The average Bonchev–Trinajstić information content (AvgIpc) is 3.08. The molecule has 1 heterocycles. The van der Waals surface area contributed by atoms with Crippen LogP contribution in [0.5, 0.6) is 0 Å². The Morgan fingerprint density at radius 1 is 0.968 bits per heavy atom. The van der Waals surface area contributed by atoms with E-state index in [9.17, 15) is 14.4 Å². The van der Waals surface area contributed by atoms with Crippen LogP contribution in [0.3, 0.4) is 0 Å². The van der Waals surface area contributed by atoms with Crippen molar-refractivity contribution >= 4 is 52.2 Å². The van der Waals surface area contributed by atoms with Crippen molar-refractivity contribution in [3.05, 3.63) is 88.4 Å². The molecule has 3 aromatic rings. The first kappa shape index (κ1) is 20.3. The van der Waals surface area contributed by atoms with Gasteiger partial charge in [0.2, 0.25) is 0 Å². The molecule has 7 nitrogen and oxygen atoms in total. The smallest absolute Gasteiger partial charge is 0.337 e. The molecule has 0 unspecified atom stereocenters. The van der Waals surface area contributed by atoms with Crippen LogP contribution in [-0.2, 0) is 9.53 Å². The van der Waals surface area contributed by atoms with E-state index in [1.807, 2.05) is 0 Å². The third kappa shape index (κ3) is 4.31. The summed E-state index contributed by atoms with van der Waals surface area (Å²) < 4.78 is 4.65. The number of carbonyl (C=O) groups excluding carboxylic acids is 3. The number of nitrogens with one attached hydrogen (secondary N) is 2. The molecule has 1 aliphatic heterocycles. The van der Waals surface area contributed by atoms with Crippen molar-refractivity contribution in [2.24, 2.45) is 4.99 Å². The van der Waals surface area contributed by atoms with E-state index in [4.69, 9.17) is 11.6 Å². The molecule has 0 saturated carbocycles. The number of amides is 2. The quantitative estimate of drug-likeness (QED) is 0.594. The first-order valence-corrected chi connectivity index (χ1v) is 9.62. The number of hydrogen-bond donors (Lipinski definition) is 2. The van der Waals surface area contributed by atoms with Gasteiger partial charge in [-0.05, 0) is 66.7 Å². The number of ether oxygens (including phenoxy) is 1. The lowest BCUT2D eigenvalue weighted by atomic mass is 10.1. The summed E-state index contributed by atoms with van der Waals surface area (Å²) >= 11 is 6.03. The van der Waals surface area contributed by atoms with E-state index in [0.29, 0.717) is 38.8 Å². The molecule has 8 heteroatoms. The van der Waals surface area contributed by atoms with E-state index in [0.717, 1.165) is 0 Å². The Morgan fingerprint density at radius 3 is 2.32 bits per heavy atom. The van der Waals surface area contributed by atoms with Gasteiger partial charge >= 0.3 is 5.97 Å². The minimum atomic E-state index is -0.448. The van der Waals surface area contributed by atoms with Crippen LogP contribution in [-0.4, -0.2) is 30.6 Å². The highest BCUT2D eigenvalue weighted by atomic mass is 35.5. The molecular weight excluding hydrogens is 418 g/mol. The highest BCUT2D eigenvalue weighted by Gasteiger charge is 2.26. The monoisotopic (exact) mass is 433 g/mol. The van der Waals surface area contributed by atoms with Crippen LogP contribution in [0.1, 0.15) is 26.3 Å². The molecular formula is C23H16ClN3O4. The van der Waals surface area contributed by atoms with Crippen LogP contribution in [0.25, 0.3) is 0 Å². The van der Waals surface area contributed by atoms with Gasteiger partial charge in [-0.2, -0.15) is 0 Å². The van der Waals surface area contributed by atoms with Crippen molar-refractivity contribution in [2.75, 3.05) is 17.7 Å². The Bertz CT molecular complexity index is 1220. The number of aliphatic imine (C=N–C) groups is 1. The number of benzene rings is 3. The second kappa shape index (κ2) is 8.41. The summed E-state index contributed by atoms with van der Waals surface area (Å²) in [5.41, 5.74) is 3.43. The topological polar surface area (TPSA) is 96.9 Å². The van der Waals surface area contributed by atoms with E-state index in [1.54, 1.807) is 66.7 Å². The predicted molar refractivity (Wildman–Crippen MR) is 118 cm³/mol. The number of halogens is 1. The number of esters is 1. The second-order valence-electron chi connectivity index (χ2n) is 6.67. The zero-order valence-electron chi connectivity index (χ0n) is 16.3. The van der Waals surface area contributed by atoms with Gasteiger partial charge in [-0.3, -0.25) is 9.59 Å². The highest BCUT2D eigenvalue weighted by molar-refractivity contribution is 6.54. The number of hydrogen-bond acceptors (Lipinski definition) is 5. The van der Waals surface area contributed by atoms with Crippen molar-refractivity contribution in [1.29, 1.82) is 0 Å². The second-order valence-corrected chi connectivity index (χ2v) is 7.11. The van der Waals surface area contributed by atoms with Gasteiger partial charge in [-0.1, -0.05) is 11.6 Å². The Balaban J connectivity index is 1.49. The van der Waals surface area contributed by atoms with Crippen LogP contribution in [0.15, 0.2) is 71.7 Å². The Morgan fingerprint density at radius 2 is 1.65 bits per heavy atom. The minimum Gasteiger partial charge on any atom is -0.465 e. The van der Waals surface area contributed by atoms with Gasteiger partial charge in [-0.25, -0.2) is 9.79 Å². The minimum absolute atomic E-state index is 0.264. The van der Waals surface area contributed by atoms with E-state index in [2.05, 4.69) is 20.4 Å². The molecule has 0 atom stereocenters. The van der Waals surface area contributed by atoms with Crippen molar-refractivity contribution in [2.45, 2.75) is 0 Å². The van der Waals surface area contributed by atoms with Gasteiger partial charge < -0.3 is 15.4 Å². The van der Waals surface area contributed by atoms with Crippen LogP contribution < -0.4 is 10.6 Å². The molecule has 0 fully saturated rings. The molecule has 31 heavy (non-hydrogen) atoms. The summed E-state index contributed by atoms with van der Waals surface area (Å²) in [6.45, 7) is 0. The zero-order valence-corrected chi connectivity index (χ0v) is 17.1. The molecule has 2 N–H and O–H groups in total. The fraction of sp³-hybridized carbons (Fsp3) is 0.0435. The van der Waals surface area contributed by atoms with Crippen LogP contribution >= 0.6 is 11.6 Å². The molecule has 3 aromatic carbocycles. The molecule has 0 radical (unpaired) electrons. The number of carbonyl (C=O) groups is 3. The van der Waals surface area contributed by atoms with Crippen molar-refractivity contribution in [3.63, 3.8) is 0 Å². The lowest BCUT2D eigenvalue weighted by molar-refractivity contribution is -0.110. The van der Waals surface area contributed by atoms with E-state index in [-0.39, 0.29) is 17.5 Å². The molecule has 0 bridgehead atoms. The average molecular weight is 434 g/mol. The van der Waals surface area contributed by atoms with Crippen LogP contribution in [0.4, 0.5) is 17.1 Å². The Hall–Kier alpha value is -3.97. The molecule has 0 aromatic heterocycles. The van der Waals surface area contributed by atoms with Gasteiger partial charge in [0.1, 0.15) is 5.71 Å². The predicted octanol–water partition coefficient (Wildman–Crippen LogP) is 4.45. The number of nitrogens with zero attached hydrogens (tertiary/aromatic N) is 1. The lowest BCUT2D eigenvalue weighted by Crippen LogP contribution is -2.14. The van der Waals surface area contributed by atoms with E-state index >= 15 is 0 Å². The third-order valence-electron chi connectivity index (χ3n) is 4.63. The third-order valence-corrected chi connectivity index (χ3v) is 4.87.